The van der Waals surface area contributed by atoms with Gasteiger partial charge in [-0.05, 0) is 53.6 Å². The van der Waals surface area contributed by atoms with E-state index >= 15 is 0 Å². The molecule has 5 nitrogen and oxygen atoms in total. The van der Waals surface area contributed by atoms with E-state index in [0.29, 0.717) is 34.7 Å². The van der Waals surface area contributed by atoms with Gasteiger partial charge in [-0.25, -0.2) is 4.98 Å². The highest BCUT2D eigenvalue weighted by Gasteiger charge is 2.30. The number of benzene rings is 2. The fourth-order valence-corrected chi connectivity index (χ4v) is 3.31. The Morgan fingerprint density at radius 1 is 0.882 bits per heavy atom. The molecule has 0 saturated heterocycles. The Hall–Kier alpha value is -3.91. The SMILES string of the molecule is Cl.O=C(Nc1ccccc1-c1cccc(C(F)(F)F)c1)c1cccnc1NCc1ccncc1. The molecule has 0 aliphatic rings. The fourth-order valence-electron chi connectivity index (χ4n) is 3.31. The maximum atomic E-state index is 13.2. The van der Waals surface area contributed by atoms with Crippen LogP contribution in [-0.4, -0.2) is 15.9 Å². The summed E-state index contributed by atoms with van der Waals surface area (Å²) in [5, 5.41) is 5.95. The van der Waals surface area contributed by atoms with Crippen molar-refractivity contribution in [2.45, 2.75) is 12.7 Å². The van der Waals surface area contributed by atoms with E-state index in [1.54, 1.807) is 61.1 Å². The molecule has 0 bridgehead atoms. The summed E-state index contributed by atoms with van der Waals surface area (Å²) in [5.74, 6) is -0.0388. The molecule has 0 aliphatic carbocycles. The van der Waals surface area contributed by atoms with E-state index in [1.807, 2.05) is 12.1 Å². The van der Waals surface area contributed by atoms with Crippen molar-refractivity contribution in [3.63, 3.8) is 0 Å². The van der Waals surface area contributed by atoms with Gasteiger partial charge in [0.2, 0.25) is 0 Å². The van der Waals surface area contributed by atoms with Crippen LogP contribution in [0.15, 0.2) is 91.4 Å². The average molecular weight is 485 g/mol. The molecule has 2 aromatic carbocycles. The van der Waals surface area contributed by atoms with Gasteiger partial charge in [0.25, 0.3) is 5.91 Å². The van der Waals surface area contributed by atoms with Gasteiger partial charge in [0.1, 0.15) is 5.82 Å². The smallest absolute Gasteiger partial charge is 0.365 e. The van der Waals surface area contributed by atoms with Crippen molar-refractivity contribution >= 4 is 29.8 Å². The lowest BCUT2D eigenvalue weighted by Crippen LogP contribution is -2.16. The number of hydrogen-bond acceptors (Lipinski definition) is 4. The molecular weight excluding hydrogens is 465 g/mol. The summed E-state index contributed by atoms with van der Waals surface area (Å²) in [6, 6.07) is 18.7. The number of aromatic nitrogens is 2. The molecule has 0 atom stereocenters. The molecule has 0 unspecified atom stereocenters. The van der Waals surface area contributed by atoms with Gasteiger partial charge in [0.15, 0.2) is 0 Å². The Morgan fingerprint density at radius 2 is 1.65 bits per heavy atom. The molecule has 2 heterocycles. The Labute approximate surface area is 200 Å². The number of amides is 1. The molecule has 0 aliphatic heterocycles. The van der Waals surface area contributed by atoms with Gasteiger partial charge >= 0.3 is 6.18 Å². The number of halogens is 4. The van der Waals surface area contributed by atoms with Crippen LogP contribution in [0.1, 0.15) is 21.5 Å². The summed E-state index contributed by atoms with van der Waals surface area (Å²) in [6.07, 6.45) is 0.461. The van der Waals surface area contributed by atoms with Crippen molar-refractivity contribution in [3.05, 3.63) is 108 Å². The third-order valence-electron chi connectivity index (χ3n) is 4.94. The van der Waals surface area contributed by atoms with E-state index in [0.717, 1.165) is 17.7 Å². The predicted octanol–water partition coefficient (Wildman–Crippen LogP) is 6.45. The lowest BCUT2D eigenvalue weighted by atomic mass is 10.0. The summed E-state index contributed by atoms with van der Waals surface area (Å²) in [7, 11) is 0. The molecule has 174 valence electrons. The summed E-state index contributed by atoms with van der Waals surface area (Å²) in [6.45, 7) is 0.445. The van der Waals surface area contributed by atoms with E-state index < -0.39 is 17.6 Å². The Kier molecular flexibility index (Phi) is 7.86. The summed E-state index contributed by atoms with van der Waals surface area (Å²) in [4.78, 5) is 21.3. The molecule has 0 spiro atoms. The minimum Gasteiger partial charge on any atom is -0.365 e. The van der Waals surface area contributed by atoms with Crippen LogP contribution in [0.4, 0.5) is 24.7 Å². The number of carbonyl (C=O) groups is 1. The van der Waals surface area contributed by atoms with Crippen molar-refractivity contribution in [1.29, 1.82) is 0 Å². The van der Waals surface area contributed by atoms with Crippen molar-refractivity contribution in [2.24, 2.45) is 0 Å². The van der Waals surface area contributed by atoms with Gasteiger partial charge in [0.05, 0.1) is 11.1 Å². The molecule has 34 heavy (non-hydrogen) atoms. The third-order valence-corrected chi connectivity index (χ3v) is 4.94. The van der Waals surface area contributed by atoms with Gasteiger partial charge in [-0.1, -0.05) is 30.3 Å². The maximum absolute atomic E-state index is 13.2. The predicted molar refractivity (Wildman–Crippen MR) is 128 cm³/mol. The molecule has 4 aromatic rings. The van der Waals surface area contributed by atoms with Gasteiger partial charge < -0.3 is 10.6 Å². The summed E-state index contributed by atoms with van der Waals surface area (Å²) < 4.78 is 39.5. The lowest BCUT2D eigenvalue weighted by molar-refractivity contribution is -0.137. The number of pyridine rings is 2. The molecule has 2 aromatic heterocycles. The zero-order chi connectivity index (χ0) is 23.3. The average Bonchev–Trinajstić information content (AvgIpc) is 2.83. The zero-order valence-electron chi connectivity index (χ0n) is 17.7. The lowest BCUT2D eigenvalue weighted by Gasteiger charge is -2.15. The van der Waals surface area contributed by atoms with Crippen LogP contribution in [0, 0.1) is 0 Å². The van der Waals surface area contributed by atoms with Crippen LogP contribution in [0.5, 0.6) is 0 Å². The van der Waals surface area contributed by atoms with Gasteiger partial charge in [-0.15, -0.1) is 12.4 Å². The van der Waals surface area contributed by atoms with Crippen molar-refractivity contribution in [2.75, 3.05) is 10.6 Å². The molecule has 4 rings (SSSR count). The van der Waals surface area contributed by atoms with Crippen LogP contribution in [-0.2, 0) is 12.7 Å². The number of hydrogen-bond donors (Lipinski definition) is 2. The molecule has 0 radical (unpaired) electrons. The van der Waals surface area contributed by atoms with Crippen LogP contribution < -0.4 is 10.6 Å². The standard InChI is InChI=1S/C25H19F3N4O.ClH/c26-25(27,28)19-6-3-5-18(15-19)20-7-1-2-9-22(20)32-24(33)21-8-4-12-30-23(21)31-16-17-10-13-29-14-11-17;/h1-15H,16H2,(H,30,31)(H,32,33);1H. The minimum absolute atomic E-state index is 0. The first-order valence-electron chi connectivity index (χ1n) is 10.1. The summed E-state index contributed by atoms with van der Waals surface area (Å²) in [5.41, 5.74) is 1.75. The first kappa shape index (κ1) is 24.7. The third kappa shape index (κ3) is 5.90. The Bertz CT molecular complexity index is 1270. The minimum atomic E-state index is -4.46. The number of para-hydroxylation sites is 1. The van der Waals surface area contributed by atoms with E-state index in [9.17, 15) is 18.0 Å². The van der Waals surface area contributed by atoms with Gasteiger partial charge in [-0.2, -0.15) is 13.2 Å². The van der Waals surface area contributed by atoms with Crippen molar-refractivity contribution < 1.29 is 18.0 Å². The monoisotopic (exact) mass is 484 g/mol. The van der Waals surface area contributed by atoms with Gasteiger partial charge in [-0.3, -0.25) is 9.78 Å². The topological polar surface area (TPSA) is 66.9 Å². The highest BCUT2D eigenvalue weighted by atomic mass is 35.5. The second-order valence-electron chi connectivity index (χ2n) is 7.19. The van der Waals surface area contributed by atoms with Crippen LogP contribution in [0.25, 0.3) is 11.1 Å². The molecule has 1 amide bonds. The molecule has 2 N–H and O–H groups in total. The molecule has 9 heteroatoms. The second-order valence-corrected chi connectivity index (χ2v) is 7.19. The summed E-state index contributed by atoms with van der Waals surface area (Å²) >= 11 is 0. The van der Waals surface area contributed by atoms with Crippen LogP contribution >= 0.6 is 12.4 Å². The molecule has 0 saturated carbocycles. The van der Waals surface area contributed by atoms with Crippen LogP contribution in [0.2, 0.25) is 0 Å². The van der Waals surface area contributed by atoms with E-state index in [4.69, 9.17) is 0 Å². The van der Waals surface area contributed by atoms with Crippen molar-refractivity contribution in [1.82, 2.24) is 9.97 Å². The molecular formula is C25H20ClF3N4O. The highest BCUT2D eigenvalue weighted by Crippen LogP contribution is 2.34. The Balaban J connectivity index is 0.00000324. The number of rotatable bonds is 6. The number of carbonyl (C=O) groups excluding carboxylic acids is 1. The van der Waals surface area contributed by atoms with Gasteiger partial charge in [0, 0.05) is 36.4 Å². The normalized spacial score (nSPS) is 10.8. The number of nitrogens with one attached hydrogen (secondary N) is 2. The first-order chi connectivity index (χ1) is 15.9. The molecule has 0 fully saturated rings. The zero-order valence-corrected chi connectivity index (χ0v) is 18.5. The number of nitrogens with zero attached hydrogens (tertiary/aromatic N) is 2. The maximum Gasteiger partial charge on any atom is 0.416 e. The highest BCUT2D eigenvalue weighted by molar-refractivity contribution is 6.09. The first-order valence-corrected chi connectivity index (χ1v) is 10.1. The second kappa shape index (κ2) is 10.8. The van der Waals surface area contributed by atoms with Crippen molar-refractivity contribution in [3.8, 4) is 11.1 Å². The quantitative estimate of drug-likeness (QED) is 0.330. The fraction of sp³-hybridized carbons (Fsp3) is 0.0800. The largest absolute Gasteiger partial charge is 0.416 e. The number of alkyl halides is 3. The van der Waals surface area contributed by atoms with E-state index in [1.165, 1.54) is 6.07 Å². The van der Waals surface area contributed by atoms with Crippen LogP contribution in [0.3, 0.4) is 0 Å². The number of anilines is 2. The Morgan fingerprint density at radius 3 is 2.41 bits per heavy atom. The van der Waals surface area contributed by atoms with E-state index in [-0.39, 0.29) is 12.4 Å². The van der Waals surface area contributed by atoms with E-state index in [2.05, 4.69) is 20.6 Å².